The summed E-state index contributed by atoms with van der Waals surface area (Å²) < 4.78 is 26.0. The van der Waals surface area contributed by atoms with Gasteiger partial charge in [-0.1, -0.05) is 31.4 Å². The third kappa shape index (κ3) is 4.45. The molecule has 0 spiro atoms. The number of alkyl halides is 2. The van der Waals surface area contributed by atoms with Gasteiger partial charge in [-0.05, 0) is 32.4 Å². The average molecular weight is 306 g/mol. The van der Waals surface area contributed by atoms with Crippen molar-refractivity contribution >= 4 is 0 Å². The van der Waals surface area contributed by atoms with Crippen molar-refractivity contribution in [3.8, 4) is 0 Å². The molecule has 2 N–H and O–H groups in total. The first-order valence-electron chi connectivity index (χ1n) is 7.09. The van der Waals surface area contributed by atoms with Crippen molar-refractivity contribution in [1.82, 2.24) is 10.6 Å². The molecule has 0 radical (unpaired) electrons. The van der Waals surface area contributed by atoms with Crippen LogP contribution in [0.2, 0.25) is 0 Å². The van der Waals surface area contributed by atoms with E-state index in [0.717, 1.165) is 29.3 Å². The van der Waals surface area contributed by atoms with E-state index in [1.165, 1.54) is 0 Å². The van der Waals surface area contributed by atoms with Gasteiger partial charge in [0.05, 0.1) is 17.9 Å². The zero-order valence-electron chi connectivity index (χ0n) is 13.7. The fourth-order valence-corrected chi connectivity index (χ4v) is 1.81. The fourth-order valence-electron chi connectivity index (χ4n) is 1.81. The predicted octanol–water partition coefficient (Wildman–Crippen LogP) is 4.58. The lowest BCUT2D eigenvalue weighted by atomic mass is 9.89. The van der Waals surface area contributed by atoms with Gasteiger partial charge in [-0.3, -0.25) is 0 Å². The largest absolute Gasteiger partial charge is 0.377 e. The van der Waals surface area contributed by atoms with Gasteiger partial charge in [-0.2, -0.15) is 0 Å². The molecule has 0 amide bonds. The molecule has 0 bridgehead atoms. The van der Waals surface area contributed by atoms with Gasteiger partial charge < -0.3 is 10.6 Å². The smallest absolute Gasteiger partial charge is 0.262 e. The van der Waals surface area contributed by atoms with Gasteiger partial charge in [-0.25, -0.2) is 8.78 Å². The van der Waals surface area contributed by atoms with Crippen molar-refractivity contribution < 1.29 is 8.78 Å². The van der Waals surface area contributed by atoms with Crippen molar-refractivity contribution in [2.75, 3.05) is 6.54 Å². The van der Waals surface area contributed by atoms with Crippen LogP contribution in [0.5, 0.6) is 0 Å². The van der Waals surface area contributed by atoms with Gasteiger partial charge in [0.15, 0.2) is 0 Å². The molecular formula is C18H24F2N2. The Morgan fingerprint density at radius 1 is 1.18 bits per heavy atom. The summed E-state index contributed by atoms with van der Waals surface area (Å²) in [7, 11) is 0. The molecule has 0 aromatic heterocycles. The Hall–Kier alpha value is -2.10. The summed E-state index contributed by atoms with van der Waals surface area (Å²) >= 11 is 0. The Bertz CT molecular complexity index is 599. The lowest BCUT2D eigenvalue weighted by Gasteiger charge is -2.32. The van der Waals surface area contributed by atoms with E-state index < -0.39 is 12.5 Å². The van der Waals surface area contributed by atoms with E-state index in [2.05, 4.69) is 30.4 Å². The van der Waals surface area contributed by atoms with Gasteiger partial charge in [0.25, 0.3) is 5.92 Å². The number of hydrogen-bond donors (Lipinski definition) is 2. The second-order valence-corrected chi connectivity index (χ2v) is 5.61. The van der Waals surface area contributed by atoms with Gasteiger partial charge in [0.2, 0.25) is 0 Å². The molecule has 2 nitrogen and oxygen atoms in total. The van der Waals surface area contributed by atoms with Crippen LogP contribution in [0.25, 0.3) is 0 Å². The van der Waals surface area contributed by atoms with Crippen molar-refractivity contribution in [3.05, 3.63) is 71.3 Å². The lowest BCUT2D eigenvalue weighted by Crippen LogP contribution is -2.37. The van der Waals surface area contributed by atoms with E-state index in [-0.39, 0.29) is 0 Å². The van der Waals surface area contributed by atoms with Crippen molar-refractivity contribution in [2.24, 2.45) is 0 Å². The molecule has 4 heteroatoms. The number of halogens is 2. The lowest BCUT2D eigenvalue weighted by molar-refractivity contribution is 0.0252. The summed E-state index contributed by atoms with van der Waals surface area (Å²) in [6.45, 7) is 17.9. The summed E-state index contributed by atoms with van der Waals surface area (Å²) in [5.74, 6) is -2.78. The number of allylic oxidation sites excluding steroid dienone is 6. The molecule has 0 aromatic rings. The Labute approximate surface area is 131 Å². The van der Waals surface area contributed by atoms with Gasteiger partial charge in [0, 0.05) is 23.8 Å². The molecule has 0 heterocycles. The van der Waals surface area contributed by atoms with Gasteiger partial charge in [-0.15, -0.1) is 0 Å². The molecule has 0 saturated carbocycles. The Morgan fingerprint density at radius 2 is 1.73 bits per heavy atom. The maximum absolute atomic E-state index is 13.0. The predicted molar refractivity (Wildman–Crippen MR) is 89.4 cm³/mol. The Kier molecular flexibility index (Phi) is 5.53. The van der Waals surface area contributed by atoms with E-state index in [4.69, 9.17) is 0 Å². The number of hydrogen-bond acceptors (Lipinski definition) is 2. The summed E-state index contributed by atoms with van der Waals surface area (Å²) in [6, 6.07) is 0. The maximum Gasteiger partial charge on any atom is 0.262 e. The quantitative estimate of drug-likeness (QED) is 0.673. The molecule has 1 aliphatic rings. The van der Waals surface area contributed by atoms with Gasteiger partial charge in [0.1, 0.15) is 0 Å². The average Bonchev–Trinajstić information content (AvgIpc) is 2.42. The number of nitrogens with one attached hydrogen (secondary N) is 2. The zero-order valence-corrected chi connectivity index (χ0v) is 13.7. The molecule has 0 saturated heterocycles. The molecule has 0 fully saturated rings. The minimum atomic E-state index is -2.78. The minimum absolute atomic E-state index is 0.439. The van der Waals surface area contributed by atoms with Crippen LogP contribution in [0.4, 0.5) is 8.78 Å². The second-order valence-electron chi connectivity index (χ2n) is 5.61. The molecule has 0 aromatic carbocycles. The van der Waals surface area contributed by atoms with Crippen LogP contribution in [0.15, 0.2) is 71.3 Å². The Balaban J connectivity index is 2.94. The highest BCUT2D eigenvalue weighted by atomic mass is 19.3. The van der Waals surface area contributed by atoms with Gasteiger partial charge >= 0.3 is 0 Å². The van der Waals surface area contributed by atoms with E-state index in [1.807, 2.05) is 32.9 Å². The molecule has 120 valence electrons. The summed E-state index contributed by atoms with van der Waals surface area (Å²) in [6.07, 6.45) is 3.86. The molecule has 1 rings (SSSR count). The van der Waals surface area contributed by atoms with Crippen LogP contribution >= 0.6 is 0 Å². The zero-order chi connectivity index (χ0) is 17.1. The molecule has 1 aliphatic carbocycles. The molecule has 0 atom stereocenters. The van der Waals surface area contributed by atoms with Crippen molar-refractivity contribution in [1.29, 1.82) is 0 Å². The third-order valence-electron chi connectivity index (χ3n) is 3.42. The highest BCUT2D eigenvalue weighted by Crippen LogP contribution is 2.35. The number of rotatable bonds is 7. The molecule has 0 unspecified atom stereocenters. The Morgan fingerprint density at radius 3 is 2.18 bits per heavy atom. The minimum Gasteiger partial charge on any atom is -0.377 e. The van der Waals surface area contributed by atoms with Crippen LogP contribution in [0.1, 0.15) is 27.7 Å². The summed E-state index contributed by atoms with van der Waals surface area (Å²) in [4.78, 5) is 0. The highest BCUT2D eigenvalue weighted by Gasteiger charge is 2.29. The van der Waals surface area contributed by atoms with Crippen LogP contribution in [-0.2, 0) is 0 Å². The van der Waals surface area contributed by atoms with Crippen molar-refractivity contribution in [2.45, 2.75) is 33.6 Å². The SMILES string of the molecule is C=C1C(=C)C(NC(/C=C(/C)C(=C)C)=C/C)=C1NCC(C)(F)F. The van der Waals surface area contributed by atoms with E-state index in [1.54, 1.807) is 0 Å². The third-order valence-corrected chi connectivity index (χ3v) is 3.42. The normalized spacial score (nSPS) is 16.6. The maximum atomic E-state index is 13.0. The molecule has 0 aliphatic heterocycles. The van der Waals surface area contributed by atoms with E-state index in [0.29, 0.717) is 17.0 Å². The van der Waals surface area contributed by atoms with Crippen LogP contribution in [-0.4, -0.2) is 12.5 Å². The topological polar surface area (TPSA) is 24.1 Å². The molecular weight excluding hydrogens is 282 g/mol. The summed E-state index contributed by atoms with van der Waals surface area (Å²) in [5.41, 5.74) is 5.54. The summed E-state index contributed by atoms with van der Waals surface area (Å²) in [5, 5.41) is 5.95. The first-order valence-corrected chi connectivity index (χ1v) is 7.09. The second kappa shape index (κ2) is 6.77. The van der Waals surface area contributed by atoms with Crippen LogP contribution < -0.4 is 10.6 Å². The first kappa shape index (κ1) is 18.0. The van der Waals surface area contributed by atoms with Crippen molar-refractivity contribution in [3.63, 3.8) is 0 Å². The monoisotopic (exact) mass is 306 g/mol. The first-order chi connectivity index (χ1) is 10.1. The van der Waals surface area contributed by atoms with E-state index >= 15 is 0 Å². The van der Waals surface area contributed by atoms with Crippen LogP contribution in [0.3, 0.4) is 0 Å². The van der Waals surface area contributed by atoms with E-state index in [9.17, 15) is 8.78 Å². The highest BCUT2D eigenvalue weighted by molar-refractivity contribution is 5.67. The standard InChI is InChI=1S/C18H24F2N2/c1-8-15(9-12(4)11(2)3)22-17-14(6)13(5)16(17)21-10-18(7,19)20/h8-9,21-22H,2,5-6,10H2,1,3-4,7H3/b12-9-,15-8+. The fraction of sp³-hybridized carbons (Fsp3) is 0.333. The molecule has 22 heavy (non-hydrogen) atoms. The van der Waals surface area contributed by atoms with Crippen LogP contribution in [0, 0.1) is 0 Å².